The molecular formula is C26H16F13NO3. The Morgan fingerprint density at radius 2 is 1.05 bits per heavy atom. The SMILES string of the molecule is O=C(Nc1cccc(C(F)(F)C(F)(F)OC(F)(F)C(F)(F)C(F)(F)OC(F)(F)F)c1)C(c1ccccc1)c1ccccc1. The first kappa shape index (κ1) is 33.6. The van der Waals surface area contributed by atoms with Gasteiger partial charge in [0.25, 0.3) is 0 Å². The molecule has 0 bridgehead atoms. The molecule has 0 fully saturated rings. The maximum Gasteiger partial charge on any atom is 0.527 e. The molecule has 43 heavy (non-hydrogen) atoms. The maximum absolute atomic E-state index is 14.7. The zero-order valence-electron chi connectivity index (χ0n) is 20.8. The quantitative estimate of drug-likeness (QED) is 0.215. The normalized spacial score (nSPS) is 13.7. The zero-order chi connectivity index (χ0) is 32.5. The number of benzene rings is 3. The Bertz CT molecular complexity index is 1360. The highest BCUT2D eigenvalue weighted by atomic mass is 19.4. The summed E-state index contributed by atoms with van der Waals surface area (Å²) in [5.41, 5.74) is -1.76. The van der Waals surface area contributed by atoms with Gasteiger partial charge in [-0.15, -0.1) is 13.2 Å². The number of anilines is 1. The highest BCUT2D eigenvalue weighted by molar-refractivity contribution is 5.98. The van der Waals surface area contributed by atoms with Crippen LogP contribution in [0.3, 0.4) is 0 Å². The van der Waals surface area contributed by atoms with Crippen LogP contribution in [-0.4, -0.2) is 36.5 Å². The zero-order valence-corrected chi connectivity index (χ0v) is 20.8. The Hall–Kier alpha value is -3.86. The molecule has 0 aliphatic heterocycles. The van der Waals surface area contributed by atoms with Crippen molar-refractivity contribution < 1.29 is 71.3 Å². The van der Waals surface area contributed by atoms with E-state index in [0.29, 0.717) is 17.2 Å². The van der Waals surface area contributed by atoms with Gasteiger partial charge < -0.3 is 5.32 Å². The Morgan fingerprint density at radius 3 is 1.51 bits per heavy atom. The fraction of sp³-hybridized carbons (Fsp3) is 0.269. The van der Waals surface area contributed by atoms with Crippen molar-refractivity contribution in [2.45, 2.75) is 42.5 Å². The fourth-order valence-corrected chi connectivity index (χ4v) is 3.63. The summed E-state index contributed by atoms with van der Waals surface area (Å²) >= 11 is 0. The first-order valence-electron chi connectivity index (χ1n) is 11.5. The third kappa shape index (κ3) is 7.21. The lowest BCUT2D eigenvalue weighted by Gasteiger charge is -2.35. The molecule has 0 aliphatic carbocycles. The van der Waals surface area contributed by atoms with E-state index in [1.54, 1.807) is 65.4 Å². The Balaban J connectivity index is 1.90. The molecule has 1 amide bonds. The van der Waals surface area contributed by atoms with Crippen LogP contribution < -0.4 is 5.32 Å². The molecule has 4 nitrogen and oxygen atoms in total. The minimum Gasteiger partial charge on any atom is -0.325 e. The van der Waals surface area contributed by atoms with Gasteiger partial charge in [0.05, 0.1) is 5.92 Å². The third-order valence-electron chi connectivity index (χ3n) is 5.62. The molecule has 0 atom stereocenters. The van der Waals surface area contributed by atoms with Gasteiger partial charge in [0.1, 0.15) is 0 Å². The van der Waals surface area contributed by atoms with Gasteiger partial charge in [-0.3, -0.25) is 4.79 Å². The largest absolute Gasteiger partial charge is 0.527 e. The van der Waals surface area contributed by atoms with Crippen molar-refractivity contribution in [3.05, 3.63) is 102 Å². The van der Waals surface area contributed by atoms with Crippen molar-refractivity contribution in [2.24, 2.45) is 0 Å². The molecule has 0 saturated carbocycles. The number of hydrogen-bond donors (Lipinski definition) is 1. The molecule has 0 spiro atoms. The van der Waals surface area contributed by atoms with Gasteiger partial charge in [-0.05, 0) is 23.3 Å². The van der Waals surface area contributed by atoms with E-state index >= 15 is 0 Å². The Labute approximate surface area is 233 Å². The molecular weight excluding hydrogens is 621 g/mol. The number of ether oxygens (including phenoxy) is 2. The first-order chi connectivity index (χ1) is 19.6. The summed E-state index contributed by atoms with van der Waals surface area (Å²) in [6.45, 7) is 0. The van der Waals surface area contributed by atoms with Gasteiger partial charge in [0.2, 0.25) is 5.91 Å². The molecule has 0 heterocycles. The molecule has 0 radical (unpaired) electrons. The molecule has 3 rings (SSSR count). The molecule has 234 valence electrons. The molecule has 17 heteroatoms. The summed E-state index contributed by atoms with van der Waals surface area (Å²) in [7, 11) is 0. The van der Waals surface area contributed by atoms with Crippen LogP contribution in [-0.2, 0) is 20.2 Å². The van der Waals surface area contributed by atoms with Crippen molar-refractivity contribution in [2.75, 3.05) is 5.32 Å². The number of hydrogen-bond acceptors (Lipinski definition) is 3. The second-order valence-corrected chi connectivity index (χ2v) is 8.67. The van der Waals surface area contributed by atoms with Crippen LogP contribution in [0.4, 0.5) is 62.8 Å². The van der Waals surface area contributed by atoms with Gasteiger partial charge in [-0.1, -0.05) is 72.8 Å². The summed E-state index contributed by atoms with van der Waals surface area (Å²) < 4.78 is 178. The summed E-state index contributed by atoms with van der Waals surface area (Å²) in [6, 6.07) is 17.5. The van der Waals surface area contributed by atoms with Gasteiger partial charge >= 0.3 is 36.5 Å². The standard InChI is InChI=1S/C26H16F13NO3/c27-21(28,23(31,32)42-24(33,34)22(29,30)25(35,36)43-26(37,38)39)17-12-7-13-18(14-17)40-20(41)19(15-8-3-1-4-9-15)16-10-5-2-6-11-16/h1-14,19H,(H,40,41). The number of nitrogens with one attached hydrogen (secondary N) is 1. The van der Waals surface area contributed by atoms with Crippen LogP contribution in [0.25, 0.3) is 0 Å². The Kier molecular flexibility index (Phi) is 9.13. The Morgan fingerprint density at radius 1 is 0.581 bits per heavy atom. The van der Waals surface area contributed by atoms with Crippen LogP contribution in [0.15, 0.2) is 84.9 Å². The third-order valence-corrected chi connectivity index (χ3v) is 5.62. The molecule has 0 unspecified atom stereocenters. The second-order valence-electron chi connectivity index (χ2n) is 8.67. The first-order valence-corrected chi connectivity index (χ1v) is 11.5. The van der Waals surface area contributed by atoms with E-state index in [9.17, 15) is 61.9 Å². The van der Waals surface area contributed by atoms with Crippen molar-refractivity contribution >= 4 is 11.6 Å². The lowest BCUT2D eigenvalue weighted by Crippen LogP contribution is -2.61. The average Bonchev–Trinajstić information content (AvgIpc) is 2.88. The minimum atomic E-state index is -7.53. The second kappa shape index (κ2) is 11.7. The smallest absolute Gasteiger partial charge is 0.325 e. The number of rotatable bonds is 11. The van der Waals surface area contributed by atoms with Crippen LogP contribution in [0.5, 0.6) is 0 Å². The van der Waals surface area contributed by atoms with E-state index in [-0.39, 0.29) is 12.1 Å². The van der Waals surface area contributed by atoms with Crippen LogP contribution in [0, 0.1) is 0 Å². The van der Waals surface area contributed by atoms with Gasteiger partial charge in [-0.2, -0.15) is 43.9 Å². The van der Waals surface area contributed by atoms with E-state index in [4.69, 9.17) is 0 Å². The molecule has 0 saturated heterocycles. The molecule has 1 N–H and O–H groups in total. The fourth-order valence-electron chi connectivity index (χ4n) is 3.63. The van der Waals surface area contributed by atoms with Crippen molar-refractivity contribution in [1.82, 2.24) is 0 Å². The van der Waals surface area contributed by atoms with Crippen LogP contribution in [0.1, 0.15) is 22.6 Å². The topological polar surface area (TPSA) is 47.6 Å². The van der Waals surface area contributed by atoms with Crippen molar-refractivity contribution in [1.29, 1.82) is 0 Å². The highest BCUT2D eigenvalue weighted by Gasteiger charge is 2.80. The molecule has 3 aromatic carbocycles. The van der Waals surface area contributed by atoms with E-state index in [1.807, 2.05) is 0 Å². The van der Waals surface area contributed by atoms with Crippen molar-refractivity contribution in [3.8, 4) is 0 Å². The molecule has 3 aromatic rings. The predicted octanol–water partition coefficient (Wildman–Crippen LogP) is 8.52. The summed E-state index contributed by atoms with van der Waals surface area (Å²) in [5, 5.41) is 2.17. The summed E-state index contributed by atoms with van der Waals surface area (Å²) in [4.78, 5) is 13.1. The monoisotopic (exact) mass is 637 g/mol. The van der Waals surface area contributed by atoms with Gasteiger partial charge in [0, 0.05) is 11.3 Å². The lowest BCUT2D eigenvalue weighted by molar-refractivity contribution is -0.535. The number of halogens is 13. The predicted molar refractivity (Wildman–Crippen MR) is 122 cm³/mol. The van der Waals surface area contributed by atoms with E-state index in [2.05, 4.69) is 10.1 Å². The number of carbonyl (C=O) groups is 1. The maximum atomic E-state index is 14.7. The molecule has 0 aliphatic rings. The number of carbonyl (C=O) groups excluding carboxylic acids is 1. The van der Waals surface area contributed by atoms with Crippen LogP contribution >= 0.6 is 0 Å². The van der Waals surface area contributed by atoms with Gasteiger partial charge in [-0.25, -0.2) is 9.47 Å². The number of amides is 1. The van der Waals surface area contributed by atoms with E-state index in [0.717, 1.165) is 6.07 Å². The summed E-state index contributed by atoms with van der Waals surface area (Å²) in [6.07, 6.45) is -28.0. The average molecular weight is 637 g/mol. The summed E-state index contributed by atoms with van der Waals surface area (Å²) in [5.74, 6) is -15.5. The van der Waals surface area contributed by atoms with Crippen molar-refractivity contribution in [3.63, 3.8) is 0 Å². The van der Waals surface area contributed by atoms with Crippen LogP contribution in [0.2, 0.25) is 0 Å². The molecule has 0 aromatic heterocycles. The lowest BCUT2D eigenvalue weighted by atomic mass is 9.90. The minimum absolute atomic E-state index is 0.125. The van der Waals surface area contributed by atoms with E-state index < -0.39 is 59.6 Å². The highest BCUT2D eigenvalue weighted by Crippen LogP contribution is 2.54. The number of alkyl halides is 13. The van der Waals surface area contributed by atoms with Gasteiger partial charge in [0.15, 0.2) is 0 Å². The van der Waals surface area contributed by atoms with E-state index in [1.165, 1.54) is 0 Å².